The minimum atomic E-state index is -1.03. The first-order valence-corrected chi connectivity index (χ1v) is 11.9. The fourth-order valence-corrected chi connectivity index (χ4v) is 4.77. The van der Waals surface area contributed by atoms with E-state index in [2.05, 4.69) is 9.97 Å². The number of hydrogen-bond donors (Lipinski definition) is 1. The van der Waals surface area contributed by atoms with Crippen LogP contribution >= 0.6 is 0 Å². The highest BCUT2D eigenvalue weighted by Crippen LogP contribution is 2.37. The van der Waals surface area contributed by atoms with Crippen LogP contribution in [-0.4, -0.2) is 46.6 Å². The van der Waals surface area contributed by atoms with Gasteiger partial charge in [-0.25, -0.2) is 14.2 Å². The second kappa shape index (κ2) is 10.2. The van der Waals surface area contributed by atoms with Crippen LogP contribution in [0.15, 0.2) is 85.3 Å². The fraction of sp³-hybridized carbons (Fsp3) is 0.172. The molecule has 8 heteroatoms. The predicted octanol–water partition coefficient (Wildman–Crippen LogP) is 4.62. The molecule has 0 saturated heterocycles. The van der Waals surface area contributed by atoms with Gasteiger partial charge in [0, 0.05) is 44.3 Å². The zero-order chi connectivity index (χ0) is 25.9. The van der Waals surface area contributed by atoms with E-state index in [0.717, 1.165) is 11.1 Å². The number of fused-ring (bicyclic) bond motifs is 1. The Kier molecular flexibility index (Phi) is 6.64. The molecule has 2 aromatic heterocycles. The lowest BCUT2D eigenvalue weighted by atomic mass is 9.97. The van der Waals surface area contributed by atoms with Crippen LogP contribution in [0.3, 0.4) is 0 Å². The molecule has 1 atom stereocenters. The summed E-state index contributed by atoms with van der Waals surface area (Å²) in [4.78, 5) is 38.2. The Hall–Kier alpha value is -4.59. The van der Waals surface area contributed by atoms with Gasteiger partial charge in [0.1, 0.15) is 17.7 Å². The summed E-state index contributed by atoms with van der Waals surface area (Å²) in [6.45, 7) is 0.365. The number of hydrogen-bond acceptors (Lipinski definition) is 5. The Morgan fingerprint density at radius 3 is 2.46 bits per heavy atom. The van der Waals surface area contributed by atoms with E-state index < -0.39 is 12.0 Å². The van der Waals surface area contributed by atoms with Gasteiger partial charge in [-0.2, -0.15) is 0 Å². The molecule has 0 fully saturated rings. The number of aromatic nitrogens is 2. The number of carbonyl (C=O) groups excluding carboxylic acids is 1. The van der Waals surface area contributed by atoms with Crippen LogP contribution < -0.4 is 9.80 Å². The maximum atomic E-state index is 14.1. The number of likely N-dealkylation sites (N-methyl/N-ethyl adjacent to an activating group) is 1. The van der Waals surface area contributed by atoms with Crippen LogP contribution in [-0.2, 0) is 17.6 Å². The average molecular weight is 497 g/mol. The minimum absolute atomic E-state index is 0.181. The zero-order valence-electron chi connectivity index (χ0n) is 20.2. The topological polar surface area (TPSA) is 86.6 Å². The second-order valence-corrected chi connectivity index (χ2v) is 8.95. The number of carbonyl (C=O) groups is 2. The average Bonchev–Trinajstić information content (AvgIpc) is 3.36. The number of amides is 1. The summed E-state index contributed by atoms with van der Waals surface area (Å²) < 4.78 is 13.6. The molecule has 0 spiro atoms. The summed E-state index contributed by atoms with van der Waals surface area (Å²) in [5.74, 6) is -0.934. The molecular weight excluding hydrogens is 471 g/mol. The van der Waals surface area contributed by atoms with E-state index in [1.807, 2.05) is 30.1 Å². The van der Waals surface area contributed by atoms with Crippen LogP contribution in [0.2, 0.25) is 0 Å². The van der Waals surface area contributed by atoms with E-state index in [9.17, 15) is 19.1 Å². The molecule has 0 saturated carbocycles. The summed E-state index contributed by atoms with van der Waals surface area (Å²) in [6.07, 6.45) is 5.72. The molecule has 2 aromatic carbocycles. The van der Waals surface area contributed by atoms with Crippen molar-refractivity contribution in [3.63, 3.8) is 0 Å². The molecule has 7 nitrogen and oxygen atoms in total. The van der Waals surface area contributed by atoms with Gasteiger partial charge in [0.05, 0.1) is 5.56 Å². The third-order valence-corrected chi connectivity index (χ3v) is 6.72. The maximum Gasteiger partial charge on any atom is 0.336 e. The van der Waals surface area contributed by atoms with Gasteiger partial charge in [-0.05, 0) is 77.2 Å². The number of carboxylic acids is 1. The molecule has 0 radical (unpaired) electrons. The quantitative estimate of drug-likeness (QED) is 0.402. The van der Waals surface area contributed by atoms with Crippen molar-refractivity contribution >= 4 is 23.4 Å². The van der Waals surface area contributed by atoms with E-state index in [0.29, 0.717) is 42.0 Å². The second-order valence-electron chi connectivity index (χ2n) is 8.95. The summed E-state index contributed by atoms with van der Waals surface area (Å²) in [5.41, 5.74) is 3.74. The molecule has 186 valence electrons. The van der Waals surface area contributed by atoms with Gasteiger partial charge in [-0.15, -0.1) is 0 Å². The lowest BCUT2D eigenvalue weighted by Gasteiger charge is -2.32. The van der Waals surface area contributed by atoms with Gasteiger partial charge in [0.15, 0.2) is 0 Å². The molecule has 1 amide bonds. The molecule has 37 heavy (non-hydrogen) atoms. The van der Waals surface area contributed by atoms with Crippen molar-refractivity contribution in [1.29, 1.82) is 0 Å². The first-order valence-electron chi connectivity index (χ1n) is 11.9. The molecule has 0 bridgehead atoms. The Morgan fingerprint density at radius 2 is 1.78 bits per heavy atom. The number of carboxylic acid groups (broad SMARTS) is 1. The number of rotatable bonds is 7. The summed E-state index contributed by atoms with van der Waals surface area (Å²) in [7, 11) is 1.81. The molecule has 5 rings (SSSR count). The monoisotopic (exact) mass is 496 g/mol. The van der Waals surface area contributed by atoms with Crippen LogP contribution in [0.1, 0.15) is 21.5 Å². The highest BCUT2D eigenvalue weighted by Gasteiger charge is 2.35. The highest BCUT2D eigenvalue weighted by molar-refractivity contribution is 6.04. The van der Waals surface area contributed by atoms with Gasteiger partial charge in [-0.1, -0.05) is 18.2 Å². The normalized spacial score (nSPS) is 13.2. The Labute approximate surface area is 213 Å². The number of anilines is 2. The van der Waals surface area contributed by atoms with Crippen LogP contribution in [0.25, 0.3) is 11.1 Å². The maximum absolute atomic E-state index is 14.1. The first-order chi connectivity index (χ1) is 17.9. The van der Waals surface area contributed by atoms with Gasteiger partial charge < -0.3 is 14.9 Å². The SMILES string of the molecule is CN(c1ccccn1)C(Cc1ccc(F)cc1)C(=O)N1CCc2c(C(=O)O)cc(-c3ccncc3)cc21. The standard InChI is InChI=1S/C29H25FN4O3/c1-33(27-4-2-3-12-32-27)26(16-19-5-7-22(30)8-6-19)28(35)34-15-11-23-24(29(36)37)17-21(18-25(23)34)20-9-13-31-14-10-20/h2-10,12-14,17-18,26H,11,15-16H2,1H3,(H,36,37). The Bertz CT molecular complexity index is 1430. The van der Waals surface area contributed by atoms with Crippen LogP contribution in [0.5, 0.6) is 0 Å². The van der Waals surface area contributed by atoms with Crippen molar-refractivity contribution in [2.75, 3.05) is 23.4 Å². The molecule has 1 unspecified atom stereocenters. The molecule has 1 N–H and O–H groups in total. The first kappa shape index (κ1) is 24.1. The third kappa shape index (κ3) is 4.91. The number of nitrogens with zero attached hydrogens (tertiary/aromatic N) is 4. The van der Waals surface area contributed by atoms with E-state index >= 15 is 0 Å². The van der Waals surface area contributed by atoms with Crippen molar-refractivity contribution in [3.05, 3.63) is 108 Å². The minimum Gasteiger partial charge on any atom is -0.478 e. The van der Waals surface area contributed by atoms with E-state index in [1.165, 1.54) is 12.1 Å². The lowest BCUT2D eigenvalue weighted by molar-refractivity contribution is -0.119. The van der Waals surface area contributed by atoms with Crippen molar-refractivity contribution in [1.82, 2.24) is 9.97 Å². The number of pyridine rings is 2. The van der Waals surface area contributed by atoms with Crippen molar-refractivity contribution in [3.8, 4) is 11.1 Å². The lowest BCUT2D eigenvalue weighted by Crippen LogP contribution is -2.48. The summed E-state index contributed by atoms with van der Waals surface area (Å²) in [5, 5.41) is 9.95. The molecule has 1 aliphatic rings. The number of benzene rings is 2. The third-order valence-electron chi connectivity index (χ3n) is 6.72. The van der Waals surface area contributed by atoms with E-state index in [-0.39, 0.29) is 17.3 Å². The highest BCUT2D eigenvalue weighted by atomic mass is 19.1. The van der Waals surface area contributed by atoms with Crippen molar-refractivity contribution in [2.45, 2.75) is 18.9 Å². The fourth-order valence-electron chi connectivity index (χ4n) is 4.77. The van der Waals surface area contributed by atoms with Gasteiger partial charge >= 0.3 is 5.97 Å². The molecule has 4 aromatic rings. The van der Waals surface area contributed by atoms with Crippen molar-refractivity contribution in [2.24, 2.45) is 0 Å². The molecular formula is C29H25FN4O3. The smallest absolute Gasteiger partial charge is 0.336 e. The molecule has 3 heterocycles. The number of aromatic carboxylic acids is 1. The van der Waals surface area contributed by atoms with Crippen LogP contribution in [0, 0.1) is 5.82 Å². The summed E-state index contributed by atoms with van der Waals surface area (Å²) in [6, 6.07) is 18.1. The zero-order valence-corrected chi connectivity index (χ0v) is 20.2. The molecule has 1 aliphatic heterocycles. The Balaban J connectivity index is 1.56. The van der Waals surface area contributed by atoms with Crippen LogP contribution in [0.4, 0.5) is 15.9 Å². The predicted molar refractivity (Wildman–Crippen MR) is 139 cm³/mol. The van der Waals surface area contributed by atoms with Gasteiger partial charge in [-0.3, -0.25) is 9.78 Å². The molecule has 0 aliphatic carbocycles. The van der Waals surface area contributed by atoms with Gasteiger partial charge in [0.2, 0.25) is 5.91 Å². The van der Waals surface area contributed by atoms with Crippen molar-refractivity contribution < 1.29 is 19.1 Å². The van der Waals surface area contributed by atoms with Gasteiger partial charge in [0.25, 0.3) is 0 Å². The van der Waals surface area contributed by atoms with E-state index in [1.54, 1.807) is 59.9 Å². The largest absolute Gasteiger partial charge is 0.478 e. The number of halogens is 1. The Morgan fingerprint density at radius 1 is 1.03 bits per heavy atom. The summed E-state index contributed by atoms with van der Waals surface area (Å²) >= 11 is 0. The van der Waals surface area contributed by atoms with E-state index in [4.69, 9.17) is 0 Å².